The standard InChI is InChI=1S/C23H28O2/c1-2-3-4-5-6-10-19-25-22-16-13-20(14-17-22)15-18-23(24)21-11-8-7-9-12-21/h7-9,11-18H,2-6,10,19H2,1H3/b18-15+. The van der Waals surface area contributed by atoms with Crippen LogP contribution in [0.15, 0.2) is 60.7 Å². The van der Waals surface area contributed by atoms with Crippen molar-refractivity contribution >= 4 is 11.9 Å². The second-order valence-corrected chi connectivity index (χ2v) is 6.25. The molecular formula is C23H28O2. The fraction of sp³-hybridized carbons (Fsp3) is 0.348. The van der Waals surface area contributed by atoms with Gasteiger partial charge in [-0.2, -0.15) is 0 Å². The van der Waals surface area contributed by atoms with Gasteiger partial charge in [0.25, 0.3) is 0 Å². The molecule has 2 rings (SSSR count). The Morgan fingerprint density at radius 3 is 2.28 bits per heavy atom. The van der Waals surface area contributed by atoms with Crippen molar-refractivity contribution in [3.63, 3.8) is 0 Å². The van der Waals surface area contributed by atoms with E-state index >= 15 is 0 Å². The summed E-state index contributed by atoms with van der Waals surface area (Å²) in [6, 6.07) is 17.2. The Morgan fingerprint density at radius 1 is 0.880 bits per heavy atom. The summed E-state index contributed by atoms with van der Waals surface area (Å²) in [4.78, 5) is 12.0. The van der Waals surface area contributed by atoms with Gasteiger partial charge in [-0.1, -0.05) is 87.6 Å². The highest BCUT2D eigenvalue weighted by molar-refractivity contribution is 6.06. The predicted molar refractivity (Wildman–Crippen MR) is 105 cm³/mol. The summed E-state index contributed by atoms with van der Waals surface area (Å²) in [7, 11) is 0. The average molecular weight is 336 g/mol. The van der Waals surface area contributed by atoms with Crippen molar-refractivity contribution in [2.24, 2.45) is 0 Å². The normalized spacial score (nSPS) is 10.9. The smallest absolute Gasteiger partial charge is 0.185 e. The zero-order valence-corrected chi connectivity index (χ0v) is 15.1. The van der Waals surface area contributed by atoms with Crippen molar-refractivity contribution < 1.29 is 9.53 Å². The maximum atomic E-state index is 12.0. The van der Waals surface area contributed by atoms with Crippen LogP contribution in [0.1, 0.15) is 61.4 Å². The molecule has 2 aromatic carbocycles. The van der Waals surface area contributed by atoms with Gasteiger partial charge in [0.15, 0.2) is 5.78 Å². The second kappa shape index (κ2) is 11.2. The van der Waals surface area contributed by atoms with Gasteiger partial charge < -0.3 is 4.74 Å². The molecule has 0 aliphatic heterocycles. The lowest BCUT2D eigenvalue weighted by molar-refractivity contribution is 0.104. The molecule has 0 atom stereocenters. The minimum atomic E-state index is 0.0176. The van der Waals surface area contributed by atoms with E-state index in [0.29, 0.717) is 5.56 Å². The fourth-order valence-corrected chi connectivity index (χ4v) is 2.62. The highest BCUT2D eigenvalue weighted by Crippen LogP contribution is 2.15. The number of hydrogen-bond donors (Lipinski definition) is 0. The van der Waals surface area contributed by atoms with Crippen molar-refractivity contribution in [2.45, 2.75) is 45.4 Å². The summed E-state index contributed by atoms with van der Waals surface area (Å²) in [6.45, 7) is 3.01. The number of ether oxygens (including phenoxy) is 1. The number of allylic oxidation sites excluding steroid dienone is 1. The van der Waals surface area contributed by atoms with Gasteiger partial charge >= 0.3 is 0 Å². The van der Waals surface area contributed by atoms with Gasteiger partial charge in [-0.3, -0.25) is 4.79 Å². The molecular weight excluding hydrogens is 308 g/mol. The van der Waals surface area contributed by atoms with Gasteiger partial charge in [-0.25, -0.2) is 0 Å². The molecule has 132 valence electrons. The third-order valence-electron chi connectivity index (χ3n) is 4.13. The molecule has 0 saturated carbocycles. The third-order valence-corrected chi connectivity index (χ3v) is 4.13. The van der Waals surface area contributed by atoms with E-state index in [1.165, 1.54) is 32.1 Å². The minimum absolute atomic E-state index is 0.0176. The third kappa shape index (κ3) is 7.38. The van der Waals surface area contributed by atoms with Crippen molar-refractivity contribution in [2.75, 3.05) is 6.61 Å². The molecule has 2 heteroatoms. The van der Waals surface area contributed by atoms with Crippen LogP contribution < -0.4 is 4.74 Å². The lowest BCUT2D eigenvalue weighted by Crippen LogP contribution is -1.97. The summed E-state index contributed by atoms with van der Waals surface area (Å²) in [5.74, 6) is 0.907. The molecule has 0 heterocycles. The molecule has 0 fully saturated rings. The van der Waals surface area contributed by atoms with E-state index in [2.05, 4.69) is 6.92 Å². The SMILES string of the molecule is CCCCCCCCOc1ccc(/C=C/C(=O)c2ccccc2)cc1. The molecule has 0 N–H and O–H groups in total. The number of unbranched alkanes of at least 4 members (excludes halogenated alkanes) is 5. The van der Waals surface area contributed by atoms with Crippen molar-refractivity contribution in [3.05, 3.63) is 71.8 Å². The first-order chi connectivity index (χ1) is 12.3. The first-order valence-electron chi connectivity index (χ1n) is 9.30. The van der Waals surface area contributed by atoms with Crippen molar-refractivity contribution in [3.8, 4) is 5.75 Å². The predicted octanol–water partition coefficient (Wildman–Crippen LogP) is 6.32. The van der Waals surface area contributed by atoms with Crippen LogP contribution in [0, 0.1) is 0 Å². The molecule has 0 saturated heterocycles. The van der Waals surface area contributed by atoms with Crippen LogP contribution in [0.25, 0.3) is 6.08 Å². The van der Waals surface area contributed by atoms with Crippen molar-refractivity contribution in [1.29, 1.82) is 0 Å². The molecule has 2 nitrogen and oxygen atoms in total. The Hall–Kier alpha value is -2.35. The summed E-state index contributed by atoms with van der Waals surface area (Å²) in [5.41, 5.74) is 1.70. The maximum absolute atomic E-state index is 12.0. The van der Waals surface area contributed by atoms with Gasteiger partial charge in [-0.15, -0.1) is 0 Å². The molecule has 0 aromatic heterocycles. The Morgan fingerprint density at radius 2 is 1.56 bits per heavy atom. The van der Waals surface area contributed by atoms with Crippen molar-refractivity contribution in [1.82, 2.24) is 0 Å². The summed E-state index contributed by atoms with van der Waals surface area (Å²) in [6.07, 6.45) is 11.1. The number of ketones is 1. The van der Waals surface area contributed by atoms with Crippen LogP contribution in [0.2, 0.25) is 0 Å². The molecule has 0 aliphatic carbocycles. The van der Waals surface area contributed by atoms with Crippen LogP contribution in [0.5, 0.6) is 5.75 Å². The van der Waals surface area contributed by atoms with Crippen LogP contribution in [-0.4, -0.2) is 12.4 Å². The van der Waals surface area contributed by atoms with Crippen LogP contribution in [-0.2, 0) is 0 Å². The zero-order valence-electron chi connectivity index (χ0n) is 15.1. The van der Waals surface area contributed by atoms with E-state index in [4.69, 9.17) is 4.74 Å². The van der Waals surface area contributed by atoms with Crippen LogP contribution >= 0.6 is 0 Å². The quantitative estimate of drug-likeness (QED) is 0.272. The molecule has 25 heavy (non-hydrogen) atoms. The topological polar surface area (TPSA) is 26.3 Å². The Bertz CT molecular complexity index is 642. The molecule has 0 radical (unpaired) electrons. The zero-order chi connectivity index (χ0) is 17.7. The highest BCUT2D eigenvalue weighted by Gasteiger charge is 2.00. The summed E-state index contributed by atoms with van der Waals surface area (Å²) < 4.78 is 5.77. The molecule has 0 unspecified atom stereocenters. The van der Waals surface area contributed by atoms with E-state index < -0.39 is 0 Å². The molecule has 2 aromatic rings. The van der Waals surface area contributed by atoms with E-state index in [9.17, 15) is 4.79 Å². The highest BCUT2D eigenvalue weighted by atomic mass is 16.5. The Balaban J connectivity index is 1.72. The van der Waals surface area contributed by atoms with E-state index in [0.717, 1.165) is 24.3 Å². The largest absolute Gasteiger partial charge is 0.494 e. The Labute approximate surface area is 151 Å². The monoisotopic (exact) mass is 336 g/mol. The first kappa shape index (κ1) is 19.0. The van der Waals surface area contributed by atoms with E-state index in [-0.39, 0.29) is 5.78 Å². The van der Waals surface area contributed by atoms with Gasteiger partial charge in [0.2, 0.25) is 0 Å². The fourth-order valence-electron chi connectivity index (χ4n) is 2.62. The van der Waals surface area contributed by atoms with E-state index in [1.807, 2.05) is 60.7 Å². The molecule has 0 aliphatic rings. The number of carbonyl (C=O) groups excluding carboxylic acids is 1. The second-order valence-electron chi connectivity index (χ2n) is 6.25. The average Bonchev–Trinajstić information content (AvgIpc) is 2.67. The molecule has 0 bridgehead atoms. The number of benzene rings is 2. The summed E-state index contributed by atoms with van der Waals surface area (Å²) >= 11 is 0. The van der Waals surface area contributed by atoms with Gasteiger partial charge in [0.1, 0.15) is 5.75 Å². The first-order valence-corrected chi connectivity index (χ1v) is 9.30. The number of rotatable bonds is 11. The summed E-state index contributed by atoms with van der Waals surface area (Å²) in [5, 5.41) is 0. The van der Waals surface area contributed by atoms with Gasteiger partial charge in [-0.05, 0) is 30.2 Å². The van der Waals surface area contributed by atoms with Crippen LogP contribution in [0.3, 0.4) is 0 Å². The lowest BCUT2D eigenvalue weighted by atomic mass is 10.1. The molecule has 0 spiro atoms. The number of hydrogen-bond acceptors (Lipinski definition) is 2. The minimum Gasteiger partial charge on any atom is -0.494 e. The van der Waals surface area contributed by atoms with Gasteiger partial charge in [0.05, 0.1) is 6.61 Å². The van der Waals surface area contributed by atoms with Crippen LogP contribution in [0.4, 0.5) is 0 Å². The maximum Gasteiger partial charge on any atom is 0.185 e. The lowest BCUT2D eigenvalue weighted by Gasteiger charge is -2.06. The van der Waals surface area contributed by atoms with E-state index in [1.54, 1.807) is 6.08 Å². The number of carbonyl (C=O) groups is 1. The Kier molecular flexibility index (Phi) is 8.54. The molecule has 0 amide bonds. The van der Waals surface area contributed by atoms with Gasteiger partial charge in [0, 0.05) is 5.56 Å².